The van der Waals surface area contributed by atoms with Gasteiger partial charge in [-0.15, -0.1) is 0 Å². The van der Waals surface area contributed by atoms with Crippen molar-refractivity contribution in [1.82, 2.24) is 9.88 Å². The van der Waals surface area contributed by atoms with Gasteiger partial charge in [0, 0.05) is 18.5 Å². The van der Waals surface area contributed by atoms with Gasteiger partial charge in [-0.2, -0.15) is 0 Å². The van der Waals surface area contributed by atoms with Crippen LogP contribution in [0.1, 0.15) is 30.5 Å². The Morgan fingerprint density at radius 2 is 1.63 bits per heavy atom. The largest absolute Gasteiger partial charge is 0.396 e. The molecule has 1 aliphatic rings. The van der Waals surface area contributed by atoms with Gasteiger partial charge in [0.25, 0.3) is 0 Å². The van der Waals surface area contributed by atoms with E-state index in [-0.39, 0.29) is 5.41 Å². The number of aliphatic hydroxyl groups excluding tert-OH is 1. The van der Waals surface area contributed by atoms with Gasteiger partial charge in [0.2, 0.25) is 0 Å². The topological polar surface area (TPSA) is 36.4 Å². The average Bonchev–Trinajstić information content (AvgIpc) is 2.74. The van der Waals surface area contributed by atoms with Crippen LogP contribution in [0.5, 0.6) is 0 Å². The number of fused-ring (bicyclic) bond motifs is 1. The molecule has 0 saturated carbocycles. The summed E-state index contributed by atoms with van der Waals surface area (Å²) in [5, 5.41) is 11.3. The van der Waals surface area contributed by atoms with Crippen LogP contribution in [0.3, 0.4) is 0 Å². The Labute approximate surface area is 161 Å². The monoisotopic (exact) mass is 360 g/mol. The van der Waals surface area contributed by atoms with Gasteiger partial charge >= 0.3 is 0 Å². The van der Waals surface area contributed by atoms with Crippen LogP contribution in [0.4, 0.5) is 0 Å². The molecule has 1 fully saturated rings. The molecule has 0 spiro atoms. The number of pyridine rings is 1. The summed E-state index contributed by atoms with van der Waals surface area (Å²) in [4.78, 5) is 7.29. The highest BCUT2D eigenvalue weighted by Gasteiger charge is 2.33. The van der Waals surface area contributed by atoms with Gasteiger partial charge in [0.1, 0.15) is 0 Å². The molecule has 1 N–H and O–H groups in total. The van der Waals surface area contributed by atoms with Gasteiger partial charge in [-0.1, -0.05) is 54.6 Å². The van der Waals surface area contributed by atoms with Gasteiger partial charge in [-0.25, -0.2) is 0 Å². The molecular weight excluding hydrogens is 332 g/mol. The molecule has 3 aromatic rings. The quantitative estimate of drug-likeness (QED) is 0.706. The average molecular weight is 361 g/mol. The maximum Gasteiger partial charge on any atom is 0.0705 e. The van der Waals surface area contributed by atoms with Crippen LogP contribution in [-0.2, 0) is 13.0 Å². The van der Waals surface area contributed by atoms with E-state index < -0.39 is 0 Å². The summed E-state index contributed by atoms with van der Waals surface area (Å²) >= 11 is 0. The number of likely N-dealkylation sites (tertiary alicyclic amines) is 1. The summed E-state index contributed by atoms with van der Waals surface area (Å²) in [7, 11) is 0. The van der Waals surface area contributed by atoms with Crippen LogP contribution in [0.15, 0.2) is 66.7 Å². The zero-order valence-corrected chi connectivity index (χ0v) is 15.8. The molecule has 1 saturated heterocycles. The highest BCUT2D eigenvalue weighted by atomic mass is 16.3. The number of nitrogens with zero attached hydrogens (tertiary/aromatic N) is 2. The molecule has 140 valence electrons. The fourth-order valence-corrected chi connectivity index (χ4v) is 4.15. The van der Waals surface area contributed by atoms with Gasteiger partial charge in [0.15, 0.2) is 0 Å². The Hall–Kier alpha value is -2.23. The van der Waals surface area contributed by atoms with Crippen molar-refractivity contribution >= 4 is 10.9 Å². The minimum absolute atomic E-state index is 0.0726. The maximum atomic E-state index is 10.1. The number of para-hydroxylation sites is 1. The summed E-state index contributed by atoms with van der Waals surface area (Å²) in [5.74, 6) is 0. The second-order valence-corrected chi connectivity index (χ2v) is 7.92. The van der Waals surface area contributed by atoms with Gasteiger partial charge in [0.05, 0.1) is 11.2 Å². The highest BCUT2D eigenvalue weighted by Crippen LogP contribution is 2.36. The smallest absolute Gasteiger partial charge is 0.0705 e. The Kier molecular flexibility index (Phi) is 5.51. The number of aromatic nitrogens is 1. The van der Waals surface area contributed by atoms with Crippen LogP contribution >= 0.6 is 0 Å². The minimum atomic E-state index is 0.0726. The van der Waals surface area contributed by atoms with Crippen LogP contribution in [0, 0.1) is 5.41 Å². The Bertz CT molecular complexity index is 870. The van der Waals surface area contributed by atoms with Crippen molar-refractivity contribution in [2.75, 3.05) is 19.7 Å². The molecule has 0 radical (unpaired) electrons. The number of aliphatic hydroxyl groups is 1. The minimum Gasteiger partial charge on any atom is -0.396 e. The van der Waals surface area contributed by atoms with Crippen LogP contribution in [0.25, 0.3) is 10.9 Å². The van der Waals surface area contributed by atoms with Crippen LogP contribution in [0.2, 0.25) is 0 Å². The predicted octanol–water partition coefficient (Wildman–Crippen LogP) is 4.44. The Morgan fingerprint density at radius 1 is 0.889 bits per heavy atom. The molecule has 1 aromatic heterocycles. The van der Waals surface area contributed by atoms with Crippen molar-refractivity contribution < 1.29 is 5.11 Å². The standard InChI is InChI=1S/C24H28N2O/c27-19-24(13-12-20-6-2-1-3-7-20)14-16-26(17-15-24)18-22-11-10-21-8-4-5-9-23(21)25-22/h1-11,27H,12-19H2. The molecule has 0 unspecified atom stereocenters. The van der Waals surface area contributed by atoms with E-state index >= 15 is 0 Å². The van der Waals surface area contributed by atoms with Crippen molar-refractivity contribution in [2.24, 2.45) is 5.41 Å². The maximum absolute atomic E-state index is 10.1. The van der Waals surface area contributed by atoms with E-state index in [0.717, 1.165) is 56.5 Å². The van der Waals surface area contributed by atoms with E-state index in [2.05, 4.69) is 65.6 Å². The molecule has 0 bridgehead atoms. The van der Waals surface area contributed by atoms with E-state index in [9.17, 15) is 5.11 Å². The van der Waals surface area contributed by atoms with Gasteiger partial charge < -0.3 is 5.11 Å². The highest BCUT2D eigenvalue weighted by molar-refractivity contribution is 5.78. The fourth-order valence-electron chi connectivity index (χ4n) is 4.15. The van der Waals surface area contributed by atoms with Crippen LogP contribution < -0.4 is 0 Å². The van der Waals surface area contributed by atoms with Crippen molar-refractivity contribution in [1.29, 1.82) is 0 Å². The second-order valence-electron chi connectivity index (χ2n) is 7.92. The molecule has 3 heteroatoms. The predicted molar refractivity (Wildman–Crippen MR) is 111 cm³/mol. The molecule has 0 atom stereocenters. The van der Waals surface area contributed by atoms with E-state index in [1.54, 1.807) is 0 Å². The first-order chi connectivity index (χ1) is 13.3. The molecule has 4 rings (SSSR count). The Balaban J connectivity index is 1.35. The summed E-state index contributed by atoms with van der Waals surface area (Å²) in [6, 6.07) is 23.2. The van der Waals surface area contributed by atoms with Crippen molar-refractivity contribution in [3.05, 3.63) is 78.0 Å². The number of piperidine rings is 1. The molecule has 0 aliphatic carbocycles. The SMILES string of the molecule is OCC1(CCc2ccccc2)CCN(Cc2ccc3ccccc3n2)CC1. The third kappa shape index (κ3) is 4.37. The lowest BCUT2D eigenvalue weighted by Crippen LogP contribution is -2.42. The molecule has 2 heterocycles. The first-order valence-corrected chi connectivity index (χ1v) is 9.98. The molecular formula is C24H28N2O. The second kappa shape index (κ2) is 8.20. The lowest BCUT2D eigenvalue weighted by molar-refractivity contribution is 0.0343. The summed E-state index contributed by atoms with van der Waals surface area (Å²) in [6.45, 7) is 3.25. The van der Waals surface area contributed by atoms with E-state index in [1.807, 2.05) is 6.07 Å². The molecule has 27 heavy (non-hydrogen) atoms. The van der Waals surface area contributed by atoms with E-state index in [4.69, 9.17) is 4.98 Å². The van der Waals surface area contributed by atoms with E-state index in [0.29, 0.717) is 6.61 Å². The lowest BCUT2D eigenvalue weighted by Gasteiger charge is -2.41. The third-order valence-corrected chi connectivity index (χ3v) is 6.08. The lowest BCUT2D eigenvalue weighted by atomic mass is 9.75. The first kappa shape index (κ1) is 18.1. The van der Waals surface area contributed by atoms with E-state index in [1.165, 1.54) is 10.9 Å². The van der Waals surface area contributed by atoms with Crippen molar-refractivity contribution in [2.45, 2.75) is 32.2 Å². The number of aryl methyl sites for hydroxylation is 1. The zero-order valence-electron chi connectivity index (χ0n) is 15.8. The molecule has 3 nitrogen and oxygen atoms in total. The van der Waals surface area contributed by atoms with Crippen LogP contribution in [-0.4, -0.2) is 34.7 Å². The number of benzene rings is 2. The summed E-state index contributed by atoms with van der Waals surface area (Å²) in [6.07, 6.45) is 4.23. The first-order valence-electron chi connectivity index (χ1n) is 9.98. The Morgan fingerprint density at radius 3 is 2.41 bits per heavy atom. The number of hydrogen-bond donors (Lipinski definition) is 1. The number of hydrogen-bond acceptors (Lipinski definition) is 3. The molecule has 0 amide bonds. The normalized spacial score (nSPS) is 17.2. The molecule has 2 aromatic carbocycles. The number of rotatable bonds is 6. The van der Waals surface area contributed by atoms with Crippen molar-refractivity contribution in [3.63, 3.8) is 0 Å². The van der Waals surface area contributed by atoms with Gasteiger partial charge in [-0.05, 0) is 61.9 Å². The zero-order chi connectivity index (χ0) is 18.5. The molecule has 1 aliphatic heterocycles. The third-order valence-electron chi connectivity index (χ3n) is 6.08. The van der Waals surface area contributed by atoms with Crippen molar-refractivity contribution in [3.8, 4) is 0 Å². The van der Waals surface area contributed by atoms with Gasteiger partial charge in [-0.3, -0.25) is 9.88 Å². The summed E-state index contributed by atoms with van der Waals surface area (Å²) in [5.41, 5.74) is 3.64. The summed E-state index contributed by atoms with van der Waals surface area (Å²) < 4.78 is 0. The fraction of sp³-hybridized carbons (Fsp3) is 0.375.